The molecule has 0 aliphatic rings. The number of hydrogen-bond acceptors (Lipinski definition) is 3. The van der Waals surface area contributed by atoms with Gasteiger partial charge in [0.2, 0.25) is 0 Å². The molecule has 0 fully saturated rings. The van der Waals surface area contributed by atoms with Gasteiger partial charge < -0.3 is 4.74 Å². The van der Waals surface area contributed by atoms with E-state index in [2.05, 4.69) is 43.5 Å². The molecule has 0 aliphatic heterocycles. The number of nitrogens with zero attached hydrogens (tertiary/aromatic N) is 2. The van der Waals surface area contributed by atoms with Gasteiger partial charge in [-0.2, -0.15) is 0 Å². The Morgan fingerprint density at radius 2 is 2.21 bits per heavy atom. The summed E-state index contributed by atoms with van der Waals surface area (Å²) in [5, 5.41) is 1.04. The molecule has 4 nitrogen and oxygen atoms in total. The lowest BCUT2D eigenvalue weighted by atomic mass is 9.98. The van der Waals surface area contributed by atoms with Gasteiger partial charge in [0.05, 0.1) is 5.41 Å². The average Bonchev–Trinajstić information content (AvgIpc) is 2.61. The highest BCUT2D eigenvalue weighted by molar-refractivity contribution is 14.1. The van der Waals surface area contributed by atoms with Crippen molar-refractivity contribution in [3.05, 3.63) is 26.5 Å². The molecule has 2 aromatic rings. The van der Waals surface area contributed by atoms with Crippen molar-refractivity contribution in [3.8, 4) is 0 Å². The Hall–Kier alpha value is -0.630. The van der Waals surface area contributed by atoms with Crippen LogP contribution in [0.15, 0.2) is 22.9 Å². The predicted octanol–water partition coefficient (Wildman–Crippen LogP) is 3.95. The molecular formula is C13H14BrIN2O2. The smallest absolute Gasteiger partial charge is 0.312 e. The fraction of sp³-hybridized carbons (Fsp3) is 0.385. The van der Waals surface area contributed by atoms with E-state index in [4.69, 9.17) is 4.74 Å². The highest BCUT2D eigenvalue weighted by Crippen LogP contribution is 2.25. The molecule has 0 radical (unpaired) electrons. The van der Waals surface area contributed by atoms with E-state index in [-0.39, 0.29) is 12.7 Å². The number of halogens is 2. The van der Waals surface area contributed by atoms with Crippen molar-refractivity contribution in [2.45, 2.75) is 27.5 Å². The Balaban J connectivity index is 2.25. The lowest BCUT2D eigenvalue weighted by molar-refractivity contribution is -0.156. The van der Waals surface area contributed by atoms with Gasteiger partial charge >= 0.3 is 5.97 Å². The maximum Gasteiger partial charge on any atom is 0.312 e. The minimum Gasteiger partial charge on any atom is -0.443 e. The van der Waals surface area contributed by atoms with Crippen LogP contribution in [0.1, 0.15) is 20.8 Å². The molecule has 6 heteroatoms. The van der Waals surface area contributed by atoms with E-state index >= 15 is 0 Å². The van der Waals surface area contributed by atoms with E-state index in [1.54, 1.807) is 6.20 Å². The first kappa shape index (κ1) is 14.8. The number of ether oxygens (including phenoxy) is 1. The second kappa shape index (κ2) is 5.40. The number of carbonyl (C=O) groups excluding carboxylic acids is 1. The Labute approximate surface area is 133 Å². The summed E-state index contributed by atoms with van der Waals surface area (Å²) in [5.74, 6) is -0.221. The summed E-state index contributed by atoms with van der Waals surface area (Å²) in [6.45, 7) is 5.69. The second-order valence-electron chi connectivity index (χ2n) is 5.28. The van der Waals surface area contributed by atoms with Gasteiger partial charge in [-0.3, -0.25) is 9.36 Å². The third-order valence-electron chi connectivity index (χ3n) is 2.58. The molecule has 0 N–H and O–H groups in total. The Morgan fingerprint density at radius 1 is 1.53 bits per heavy atom. The van der Waals surface area contributed by atoms with Crippen LogP contribution in [0.4, 0.5) is 0 Å². The van der Waals surface area contributed by atoms with Crippen LogP contribution >= 0.6 is 38.5 Å². The lowest BCUT2D eigenvalue weighted by Gasteiger charge is -2.16. The van der Waals surface area contributed by atoms with Crippen molar-refractivity contribution in [2.24, 2.45) is 5.41 Å². The van der Waals surface area contributed by atoms with Gasteiger partial charge in [0.15, 0.2) is 6.73 Å². The van der Waals surface area contributed by atoms with E-state index < -0.39 is 5.41 Å². The normalized spacial score (nSPS) is 11.8. The quantitative estimate of drug-likeness (QED) is 0.528. The van der Waals surface area contributed by atoms with Gasteiger partial charge in [0.25, 0.3) is 0 Å². The van der Waals surface area contributed by atoms with E-state index in [9.17, 15) is 4.79 Å². The zero-order valence-electron chi connectivity index (χ0n) is 10.9. The first-order chi connectivity index (χ1) is 8.79. The van der Waals surface area contributed by atoms with E-state index in [1.165, 1.54) is 0 Å². The summed E-state index contributed by atoms with van der Waals surface area (Å²) < 4.78 is 9.16. The number of pyridine rings is 1. The molecule has 0 amide bonds. The lowest BCUT2D eigenvalue weighted by Crippen LogP contribution is -2.23. The van der Waals surface area contributed by atoms with Crippen LogP contribution in [0, 0.1) is 8.99 Å². The molecule has 2 aromatic heterocycles. The summed E-state index contributed by atoms with van der Waals surface area (Å²) >= 11 is 5.65. The van der Waals surface area contributed by atoms with Crippen LogP contribution in [-0.2, 0) is 16.3 Å². The molecule has 19 heavy (non-hydrogen) atoms. The van der Waals surface area contributed by atoms with Crippen molar-refractivity contribution >= 4 is 55.5 Å². The first-order valence-corrected chi connectivity index (χ1v) is 7.63. The topological polar surface area (TPSA) is 44.1 Å². The number of aromatic nitrogens is 2. The van der Waals surface area contributed by atoms with Crippen molar-refractivity contribution in [3.63, 3.8) is 0 Å². The maximum absolute atomic E-state index is 11.8. The molecular weight excluding hydrogens is 423 g/mol. The standard InChI is InChI=1S/C13H14BrIN2O2/c1-13(2,3)12(18)19-7-17-6-10(15)9-4-8(14)5-16-11(9)17/h4-6H,7H2,1-3H3. The third-order valence-corrected chi connectivity index (χ3v) is 3.87. The van der Waals surface area contributed by atoms with Crippen LogP contribution in [0.25, 0.3) is 11.0 Å². The summed E-state index contributed by atoms with van der Waals surface area (Å²) in [7, 11) is 0. The molecule has 0 bridgehead atoms. The Morgan fingerprint density at radius 3 is 2.84 bits per heavy atom. The molecule has 0 unspecified atom stereocenters. The highest BCUT2D eigenvalue weighted by Gasteiger charge is 2.23. The predicted molar refractivity (Wildman–Crippen MR) is 85.7 cm³/mol. The number of fused-ring (bicyclic) bond motifs is 1. The Bertz CT molecular complexity index is 631. The molecule has 0 spiro atoms. The summed E-state index contributed by atoms with van der Waals surface area (Å²) in [4.78, 5) is 16.1. The zero-order chi connectivity index (χ0) is 14.2. The fourth-order valence-electron chi connectivity index (χ4n) is 1.55. The minimum absolute atomic E-state index is 0.185. The van der Waals surface area contributed by atoms with Crippen LogP contribution in [-0.4, -0.2) is 15.5 Å². The number of rotatable bonds is 2. The third kappa shape index (κ3) is 3.28. The van der Waals surface area contributed by atoms with Crippen LogP contribution in [0.2, 0.25) is 0 Å². The van der Waals surface area contributed by atoms with Crippen LogP contribution in [0.3, 0.4) is 0 Å². The highest BCUT2D eigenvalue weighted by atomic mass is 127. The second-order valence-corrected chi connectivity index (χ2v) is 7.36. The van der Waals surface area contributed by atoms with Gasteiger partial charge in [0.1, 0.15) is 5.65 Å². The number of carbonyl (C=O) groups is 1. The molecule has 0 saturated carbocycles. The Kier molecular flexibility index (Phi) is 4.20. The molecule has 0 aliphatic carbocycles. The minimum atomic E-state index is -0.493. The number of hydrogen-bond donors (Lipinski definition) is 0. The van der Waals surface area contributed by atoms with E-state index in [1.807, 2.05) is 37.6 Å². The summed E-state index contributed by atoms with van der Waals surface area (Å²) in [6.07, 6.45) is 3.67. The summed E-state index contributed by atoms with van der Waals surface area (Å²) in [5.41, 5.74) is 0.321. The largest absolute Gasteiger partial charge is 0.443 e. The van der Waals surface area contributed by atoms with Crippen LogP contribution < -0.4 is 0 Å². The SMILES string of the molecule is CC(C)(C)C(=O)OCn1cc(I)c2cc(Br)cnc21. The van der Waals surface area contributed by atoms with E-state index in [0.29, 0.717) is 0 Å². The molecule has 0 saturated heterocycles. The van der Waals surface area contributed by atoms with Crippen molar-refractivity contribution in [2.75, 3.05) is 0 Å². The van der Waals surface area contributed by atoms with Gasteiger partial charge in [-0.25, -0.2) is 4.98 Å². The molecule has 0 atom stereocenters. The number of esters is 1. The van der Waals surface area contributed by atoms with Crippen molar-refractivity contribution in [1.82, 2.24) is 9.55 Å². The van der Waals surface area contributed by atoms with Crippen molar-refractivity contribution in [1.29, 1.82) is 0 Å². The van der Waals surface area contributed by atoms with Crippen LogP contribution in [0.5, 0.6) is 0 Å². The summed E-state index contributed by atoms with van der Waals surface area (Å²) in [6, 6.07) is 2.01. The van der Waals surface area contributed by atoms with E-state index in [0.717, 1.165) is 19.1 Å². The monoisotopic (exact) mass is 436 g/mol. The average molecular weight is 437 g/mol. The van der Waals surface area contributed by atoms with Gasteiger partial charge in [-0.1, -0.05) is 0 Å². The van der Waals surface area contributed by atoms with Gasteiger partial charge in [-0.05, 0) is 65.4 Å². The molecule has 102 valence electrons. The maximum atomic E-state index is 11.8. The molecule has 2 heterocycles. The van der Waals surface area contributed by atoms with Crippen molar-refractivity contribution < 1.29 is 9.53 Å². The fourth-order valence-corrected chi connectivity index (χ4v) is 2.61. The van der Waals surface area contributed by atoms with Gasteiger partial charge in [0, 0.05) is 25.8 Å². The first-order valence-electron chi connectivity index (χ1n) is 5.76. The molecule has 2 rings (SSSR count). The molecule has 0 aromatic carbocycles. The zero-order valence-corrected chi connectivity index (χ0v) is 14.6. The van der Waals surface area contributed by atoms with Gasteiger partial charge in [-0.15, -0.1) is 0 Å².